The Kier molecular flexibility index (Phi) is 3.09. The molecule has 2 nitrogen and oxygen atoms in total. The van der Waals surface area contributed by atoms with E-state index in [9.17, 15) is 9.18 Å². The van der Waals surface area contributed by atoms with Gasteiger partial charge in [0.05, 0.1) is 5.69 Å². The first-order valence-corrected chi connectivity index (χ1v) is 5.48. The van der Waals surface area contributed by atoms with E-state index >= 15 is 0 Å². The van der Waals surface area contributed by atoms with Crippen LogP contribution in [0, 0.1) is 19.7 Å². The van der Waals surface area contributed by atoms with Crippen molar-refractivity contribution < 1.29 is 9.18 Å². The molecule has 0 radical (unpaired) electrons. The summed E-state index contributed by atoms with van der Waals surface area (Å²) < 4.78 is 14.7. The van der Waals surface area contributed by atoms with Crippen molar-refractivity contribution in [2.24, 2.45) is 0 Å². The number of carbonyl (C=O) groups is 1. The van der Waals surface area contributed by atoms with Crippen molar-refractivity contribution >= 4 is 6.29 Å². The number of carbonyl (C=O) groups excluding carboxylic acids is 1. The highest BCUT2D eigenvalue weighted by Gasteiger charge is 2.09. The van der Waals surface area contributed by atoms with Crippen LogP contribution < -0.4 is 0 Å². The van der Waals surface area contributed by atoms with E-state index in [1.165, 1.54) is 12.1 Å². The third-order valence-electron chi connectivity index (χ3n) is 2.91. The average Bonchev–Trinajstić information content (AvgIpc) is 2.57. The summed E-state index contributed by atoms with van der Waals surface area (Å²) in [5, 5.41) is 0. The summed E-state index contributed by atoms with van der Waals surface area (Å²) >= 11 is 0. The van der Waals surface area contributed by atoms with Crippen LogP contribution in [-0.4, -0.2) is 10.9 Å². The molecule has 0 aliphatic heterocycles. The van der Waals surface area contributed by atoms with Crippen LogP contribution in [0.4, 0.5) is 4.39 Å². The highest BCUT2D eigenvalue weighted by molar-refractivity contribution is 5.75. The van der Waals surface area contributed by atoms with Gasteiger partial charge in [0.15, 0.2) is 6.29 Å². The summed E-state index contributed by atoms with van der Waals surface area (Å²) in [5.74, 6) is -0.246. The second kappa shape index (κ2) is 4.53. The zero-order chi connectivity index (χ0) is 12.4. The van der Waals surface area contributed by atoms with Gasteiger partial charge in [-0.25, -0.2) is 4.39 Å². The van der Waals surface area contributed by atoms with E-state index < -0.39 is 0 Å². The van der Waals surface area contributed by atoms with Gasteiger partial charge < -0.3 is 4.57 Å². The number of nitrogens with zero attached hydrogens (tertiary/aromatic N) is 1. The van der Waals surface area contributed by atoms with Crippen LogP contribution in [0.15, 0.2) is 30.3 Å². The highest BCUT2D eigenvalue weighted by atomic mass is 19.1. The molecule has 0 atom stereocenters. The number of hydrogen-bond donors (Lipinski definition) is 0. The lowest BCUT2D eigenvalue weighted by atomic mass is 10.2. The Labute approximate surface area is 99.7 Å². The van der Waals surface area contributed by atoms with Gasteiger partial charge in [-0.15, -0.1) is 0 Å². The van der Waals surface area contributed by atoms with Crippen molar-refractivity contribution in [3.05, 3.63) is 58.7 Å². The maximum atomic E-state index is 12.8. The lowest BCUT2D eigenvalue weighted by Gasteiger charge is -2.08. The van der Waals surface area contributed by atoms with Crippen LogP contribution in [0.1, 0.15) is 27.3 Å². The molecule has 3 heteroatoms. The fraction of sp³-hybridized carbons (Fsp3) is 0.214. The SMILES string of the molecule is Cc1cc(C)n(Cc2ccc(F)cc2)c1C=O. The fourth-order valence-corrected chi connectivity index (χ4v) is 2.01. The van der Waals surface area contributed by atoms with Gasteiger partial charge in [0, 0.05) is 12.2 Å². The van der Waals surface area contributed by atoms with Crippen molar-refractivity contribution in [1.82, 2.24) is 4.57 Å². The molecule has 17 heavy (non-hydrogen) atoms. The van der Waals surface area contributed by atoms with Crippen molar-refractivity contribution in [2.45, 2.75) is 20.4 Å². The van der Waals surface area contributed by atoms with Gasteiger partial charge in [0.2, 0.25) is 0 Å². The first kappa shape index (κ1) is 11.6. The molecular weight excluding hydrogens is 217 g/mol. The molecule has 0 aliphatic carbocycles. The van der Waals surface area contributed by atoms with Gasteiger partial charge in [-0.3, -0.25) is 4.79 Å². The predicted molar refractivity (Wildman–Crippen MR) is 64.8 cm³/mol. The Morgan fingerprint density at radius 1 is 1.24 bits per heavy atom. The van der Waals surface area contributed by atoms with E-state index in [2.05, 4.69) is 0 Å². The van der Waals surface area contributed by atoms with Gasteiger partial charge in [-0.2, -0.15) is 0 Å². The Balaban J connectivity index is 2.35. The minimum atomic E-state index is -0.246. The fourth-order valence-electron chi connectivity index (χ4n) is 2.01. The summed E-state index contributed by atoms with van der Waals surface area (Å²) in [6.45, 7) is 4.47. The molecular formula is C14H14FNO. The molecule has 0 unspecified atom stereocenters. The number of rotatable bonds is 3. The van der Waals surface area contributed by atoms with Crippen LogP contribution in [-0.2, 0) is 6.54 Å². The van der Waals surface area contributed by atoms with E-state index in [0.29, 0.717) is 12.2 Å². The monoisotopic (exact) mass is 231 g/mol. The highest BCUT2D eigenvalue weighted by Crippen LogP contribution is 2.15. The topological polar surface area (TPSA) is 22.0 Å². The van der Waals surface area contributed by atoms with E-state index in [1.807, 2.05) is 24.5 Å². The summed E-state index contributed by atoms with van der Waals surface area (Å²) in [6.07, 6.45) is 0.867. The second-order valence-corrected chi connectivity index (χ2v) is 4.18. The lowest BCUT2D eigenvalue weighted by Crippen LogP contribution is -2.06. The lowest BCUT2D eigenvalue weighted by molar-refractivity contribution is 0.111. The van der Waals surface area contributed by atoms with Crippen LogP contribution in [0.5, 0.6) is 0 Å². The van der Waals surface area contributed by atoms with Crippen molar-refractivity contribution in [3.8, 4) is 0 Å². The molecule has 0 aliphatic rings. The third kappa shape index (κ3) is 2.28. The summed E-state index contributed by atoms with van der Waals surface area (Å²) in [7, 11) is 0. The molecule has 0 fully saturated rings. The van der Waals surface area contributed by atoms with Crippen molar-refractivity contribution in [2.75, 3.05) is 0 Å². The molecule has 0 saturated carbocycles. The number of benzene rings is 1. The van der Waals surface area contributed by atoms with Crippen LogP contribution in [0.2, 0.25) is 0 Å². The number of aryl methyl sites for hydroxylation is 2. The number of hydrogen-bond acceptors (Lipinski definition) is 1. The minimum absolute atomic E-state index is 0.246. The Bertz CT molecular complexity index is 540. The zero-order valence-electron chi connectivity index (χ0n) is 9.90. The van der Waals surface area contributed by atoms with E-state index in [0.717, 1.165) is 23.1 Å². The second-order valence-electron chi connectivity index (χ2n) is 4.18. The van der Waals surface area contributed by atoms with E-state index in [4.69, 9.17) is 0 Å². The zero-order valence-corrected chi connectivity index (χ0v) is 9.90. The number of halogens is 1. The van der Waals surface area contributed by atoms with Gasteiger partial charge in [0.25, 0.3) is 0 Å². The normalized spacial score (nSPS) is 10.5. The molecule has 0 bridgehead atoms. The average molecular weight is 231 g/mol. The standard InChI is InChI=1S/C14H14FNO/c1-10-7-11(2)16(14(10)9-17)8-12-3-5-13(15)6-4-12/h3-7,9H,8H2,1-2H3. The molecule has 0 N–H and O–H groups in total. The van der Waals surface area contributed by atoms with E-state index in [1.54, 1.807) is 12.1 Å². The summed E-state index contributed by atoms with van der Waals surface area (Å²) in [6, 6.07) is 8.31. The third-order valence-corrected chi connectivity index (χ3v) is 2.91. The summed E-state index contributed by atoms with van der Waals surface area (Å²) in [4.78, 5) is 11.0. The molecule has 1 aromatic heterocycles. The quantitative estimate of drug-likeness (QED) is 0.744. The Hall–Kier alpha value is -1.90. The van der Waals surface area contributed by atoms with Crippen LogP contribution in [0.25, 0.3) is 0 Å². The van der Waals surface area contributed by atoms with Gasteiger partial charge in [-0.1, -0.05) is 12.1 Å². The van der Waals surface area contributed by atoms with Gasteiger partial charge >= 0.3 is 0 Å². The molecule has 0 spiro atoms. The molecule has 88 valence electrons. The smallest absolute Gasteiger partial charge is 0.166 e. The molecule has 0 amide bonds. The van der Waals surface area contributed by atoms with Crippen LogP contribution in [0.3, 0.4) is 0 Å². The Morgan fingerprint density at radius 3 is 2.47 bits per heavy atom. The molecule has 2 rings (SSSR count). The Morgan fingerprint density at radius 2 is 1.88 bits per heavy atom. The van der Waals surface area contributed by atoms with E-state index in [-0.39, 0.29) is 5.82 Å². The van der Waals surface area contributed by atoms with Crippen molar-refractivity contribution in [3.63, 3.8) is 0 Å². The maximum absolute atomic E-state index is 12.8. The molecule has 1 aromatic carbocycles. The first-order chi connectivity index (χ1) is 8.11. The van der Waals surface area contributed by atoms with Gasteiger partial charge in [-0.05, 0) is 43.2 Å². The number of aldehydes is 1. The van der Waals surface area contributed by atoms with Gasteiger partial charge in [0.1, 0.15) is 5.82 Å². The largest absolute Gasteiger partial charge is 0.338 e. The predicted octanol–water partition coefficient (Wildman–Crippen LogP) is 3.10. The molecule has 1 heterocycles. The minimum Gasteiger partial charge on any atom is -0.338 e. The molecule has 0 saturated heterocycles. The maximum Gasteiger partial charge on any atom is 0.166 e. The first-order valence-electron chi connectivity index (χ1n) is 5.48. The van der Waals surface area contributed by atoms with Crippen molar-refractivity contribution in [1.29, 1.82) is 0 Å². The number of aromatic nitrogens is 1. The van der Waals surface area contributed by atoms with Crippen LogP contribution >= 0.6 is 0 Å². The summed E-state index contributed by atoms with van der Waals surface area (Å²) in [5.41, 5.74) is 3.67. The molecule has 2 aromatic rings.